The lowest BCUT2D eigenvalue weighted by Crippen LogP contribution is -2.00. The van der Waals surface area contributed by atoms with E-state index in [4.69, 9.17) is 11.6 Å². The van der Waals surface area contributed by atoms with E-state index in [0.29, 0.717) is 17.5 Å². The third kappa shape index (κ3) is 3.32. The number of nitrogens with one attached hydrogen (secondary N) is 1. The van der Waals surface area contributed by atoms with Crippen molar-refractivity contribution in [2.75, 3.05) is 11.9 Å². The Bertz CT molecular complexity index is 295. The highest BCUT2D eigenvalue weighted by atomic mass is 35.5. The van der Waals surface area contributed by atoms with Gasteiger partial charge in [0.2, 0.25) is 5.13 Å². The Labute approximate surface area is 87.0 Å². The zero-order valence-electron chi connectivity index (χ0n) is 7.67. The van der Waals surface area contributed by atoms with Crippen LogP contribution in [0, 0.1) is 0 Å². The largest absolute Gasteiger partial charge is 0.355 e. The monoisotopic (exact) mass is 217 g/mol. The second-order valence-corrected chi connectivity index (χ2v) is 4.27. The number of anilines is 1. The molecule has 0 aromatic carbocycles. The van der Waals surface area contributed by atoms with Crippen molar-refractivity contribution >= 4 is 28.3 Å². The SMILES string of the molecule is C=C(Cl)CNc1nc(C(C)C)ns1. The number of rotatable bonds is 4. The average Bonchev–Trinajstić information content (AvgIpc) is 2.48. The van der Waals surface area contributed by atoms with Crippen molar-refractivity contribution in [1.29, 1.82) is 0 Å². The first-order valence-electron chi connectivity index (χ1n) is 4.00. The summed E-state index contributed by atoms with van der Waals surface area (Å²) in [5.74, 6) is 1.23. The normalized spacial score (nSPS) is 10.5. The molecule has 0 fully saturated rings. The van der Waals surface area contributed by atoms with Crippen LogP contribution in [0.1, 0.15) is 25.6 Å². The summed E-state index contributed by atoms with van der Waals surface area (Å²) in [6.07, 6.45) is 0. The molecule has 1 aromatic heterocycles. The van der Waals surface area contributed by atoms with Crippen molar-refractivity contribution in [3.05, 3.63) is 17.4 Å². The summed E-state index contributed by atoms with van der Waals surface area (Å²) < 4.78 is 4.19. The minimum atomic E-state index is 0.367. The smallest absolute Gasteiger partial charge is 0.202 e. The van der Waals surface area contributed by atoms with E-state index in [2.05, 4.69) is 35.1 Å². The molecule has 0 spiro atoms. The molecule has 0 amide bonds. The first-order chi connectivity index (χ1) is 6.09. The minimum absolute atomic E-state index is 0.367. The fraction of sp³-hybridized carbons (Fsp3) is 0.500. The Morgan fingerprint density at radius 2 is 2.38 bits per heavy atom. The lowest BCUT2D eigenvalue weighted by molar-refractivity contribution is 0.799. The number of aromatic nitrogens is 2. The molecule has 0 radical (unpaired) electrons. The molecule has 0 atom stereocenters. The van der Waals surface area contributed by atoms with Crippen molar-refractivity contribution in [2.24, 2.45) is 0 Å². The molecule has 13 heavy (non-hydrogen) atoms. The lowest BCUT2D eigenvalue weighted by atomic mass is 10.2. The molecule has 3 nitrogen and oxygen atoms in total. The van der Waals surface area contributed by atoms with Gasteiger partial charge in [-0.1, -0.05) is 32.0 Å². The van der Waals surface area contributed by atoms with Crippen molar-refractivity contribution in [3.63, 3.8) is 0 Å². The summed E-state index contributed by atoms with van der Waals surface area (Å²) in [6.45, 7) is 8.23. The maximum absolute atomic E-state index is 5.60. The third-order valence-electron chi connectivity index (χ3n) is 1.39. The van der Waals surface area contributed by atoms with Gasteiger partial charge >= 0.3 is 0 Å². The van der Waals surface area contributed by atoms with Gasteiger partial charge in [-0.05, 0) is 0 Å². The Morgan fingerprint density at radius 3 is 2.85 bits per heavy atom. The number of hydrogen-bond donors (Lipinski definition) is 1. The molecule has 0 aliphatic carbocycles. The van der Waals surface area contributed by atoms with Crippen LogP contribution in [0.4, 0.5) is 5.13 Å². The van der Waals surface area contributed by atoms with E-state index in [9.17, 15) is 0 Å². The molecule has 1 heterocycles. The molecule has 1 N–H and O–H groups in total. The highest BCUT2D eigenvalue weighted by Crippen LogP contribution is 2.17. The molecule has 72 valence electrons. The van der Waals surface area contributed by atoms with Crippen molar-refractivity contribution in [2.45, 2.75) is 19.8 Å². The van der Waals surface area contributed by atoms with Gasteiger partial charge in [0.1, 0.15) is 5.82 Å². The summed E-state index contributed by atoms with van der Waals surface area (Å²) in [6, 6.07) is 0. The van der Waals surface area contributed by atoms with Crippen LogP contribution >= 0.6 is 23.1 Å². The summed E-state index contributed by atoms with van der Waals surface area (Å²) >= 11 is 6.94. The van der Waals surface area contributed by atoms with E-state index in [1.54, 1.807) is 0 Å². The molecular formula is C8H12ClN3S. The molecule has 0 aliphatic heterocycles. The second kappa shape index (κ2) is 4.58. The zero-order valence-corrected chi connectivity index (χ0v) is 9.24. The summed E-state index contributed by atoms with van der Waals surface area (Å²) in [4.78, 5) is 4.28. The van der Waals surface area contributed by atoms with Gasteiger partial charge in [0.25, 0.3) is 0 Å². The molecule has 0 saturated carbocycles. The number of nitrogens with zero attached hydrogens (tertiary/aromatic N) is 2. The second-order valence-electron chi connectivity index (χ2n) is 2.98. The predicted octanol–water partition coefficient (Wildman–Crippen LogP) is 2.83. The molecule has 0 saturated heterocycles. The van der Waals surface area contributed by atoms with Crippen LogP contribution in [0.2, 0.25) is 0 Å². The molecule has 0 bridgehead atoms. The van der Waals surface area contributed by atoms with E-state index >= 15 is 0 Å². The van der Waals surface area contributed by atoms with Crippen LogP contribution in [-0.4, -0.2) is 15.9 Å². The lowest BCUT2D eigenvalue weighted by Gasteiger charge is -1.98. The van der Waals surface area contributed by atoms with Gasteiger partial charge in [-0.15, -0.1) is 0 Å². The van der Waals surface area contributed by atoms with E-state index < -0.39 is 0 Å². The van der Waals surface area contributed by atoms with Crippen LogP contribution in [0.3, 0.4) is 0 Å². The molecule has 0 unspecified atom stereocenters. The van der Waals surface area contributed by atoms with Crippen molar-refractivity contribution in [1.82, 2.24) is 9.36 Å². The highest BCUT2D eigenvalue weighted by Gasteiger charge is 2.06. The minimum Gasteiger partial charge on any atom is -0.355 e. The molecular weight excluding hydrogens is 206 g/mol. The van der Waals surface area contributed by atoms with Gasteiger partial charge in [-0.2, -0.15) is 4.37 Å². The van der Waals surface area contributed by atoms with Gasteiger partial charge in [-0.3, -0.25) is 0 Å². The molecule has 5 heteroatoms. The third-order valence-corrected chi connectivity index (χ3v) is 2.21. The first-order valence-corrected chi connectivity index (χ1v) is 5.15. The topological polar surface area (TPSA) is 37.8 Å². The van der Waals surface area contributed by atoms with E-state index in [0.717, 1.165) is 11.0 Å². The summed E-state index contributed by atoms with van der Waals surface area (Å²) in [5, 5.41) is 4.40. The van der Waals surface area contributed by atoms with E-state index in [-0.39, 0.29) is 0 Å². The fourth-order valence-corrected chi connectivity index (χ4v) is 1.48. The van der Waals surface area contributed by atoms with Crippen LogP contribution in [0.25, 0.3) is 0 Å². The van der Waals surface area contributed by atoms with Gasteiger partial charge < -0.3 is 5.32 Å². The highest BCUT2D eigenvalue weighted by molar-refractivity contribution is 7.09. The summed E-state index contributed by atoms with van der Waals surface area (Å²) in [7, 11) is 0. The average molecular weight is 218 g/mol. The van der Waals surface area contributed by atoms with Gasteiger partial charge in [-0.25, -0.2) is 4.98 Å². The van der Waals surface area contributed by atoms with Gasteiger partial charge in [0.05, 0.1) is 6.54 Å². The van der Waals surface area contributed by atoms with Crippen molar-refractivity contribution < 1.29 is 0 Å². The van der Waals surface area contributed by atoms with Gasteiger partial charge in [0.15, 0.2) is 0 Å². The van der Waals surface area contributed by atoms with E-state index in [1.807, 2.05) is 0 Å². The molecule has 1 aromatic rings. The quantitative estimate of drug-likeness (QED) is 0.843. The van der Waals surface area contributed by atoms with Crippen LogP contribution in [0.15, 0.2) is 11.6 Å². The maximum atomic E-state index is 5.60. The fourth-order valence-electron chi connectivity index (χ4n) is 0.713. The Morgan fingerprint density at radius 1 is 1.69 bits per heavy atom. The zero-order chi connectivity index (χ0) is 9.84. The Hall–Kier alpha value is -0.610. The van der Waals surface area contributed by atoms with Crippen LogP contribution in [0.5, 0.6) is 0 Å². The first kappa shape index (κ1) is 10.5. The Kier molecular flexibility index (Phi) is 3.69. The molecule has 0 aliphatic rings. The van der Waals surface area contributed by atoms with Crippen LogP contribution in [-0.2, 0) is 0 Å². The standard InChI is InChI=1S/C8H12ClN3S/c1-5(2)7-11-8(13-12-7)10-4-6(3)9/h5H,3-4H2,1-2H3,(H,10,11,12). The number of halogens is 1. The van der Waals surface area contributed by atoms with Gasteiger partial charge in [0, 0.05) is 22.5 Å². The predicted molar refractivity (Wildman–Crippen MR) is 57.5 cm³/mol. The molecule has 1 rings (SSSR count). The summed E-state index contributed by atoms with van der Waals surface area (Å²) in [5.41, 5.74) is 0. The maximum Gasteiger partial charge on any atom is 0.202 e. The van der Waals surface area contributed by atoms with E-state index in [1.165, 1.54) is 11.5 Å². The number of hydrogen-bond acceptors (Lipinski definition) is 4. The van der Waals surface area contributed by atoms with Crippen LogP contribution < -0.4 is 5.32 Å². The Balaban J connectivity index is 2.54. The van der Waals surface area contributed by atoms with Crippen molar-refractivity contribution in [3.8, 4) is 0 Å².